The predicted octanol–water partition coefficient (Wildman–Crippen LogP) is 0.597. The smallest absolute Gasteiger partial charge is 0.306 e. The summed E-state index contributed by atoms with van der Waals surface area (Å²) in [5.74, 6) is 0.0578. The predicted molar refractivity (Wildman–Crippen MR) is 46.7 cm³/mol. The van der Waals surface area contributed by atoms with Crippen molar-refractivity contribution in [3.05, 3.63) is 0 Å². The van der Waals surface area contributed by atoms with Crippen LogP contribution in [0.4, 0.5) is 0 Å². The minimum Gasteiger partial charge on any atom is -0.772 e. The van der Waals surface area contributed by atoms with Crippen LogP contribution < -0.4 is 0 Å². The molecule has 1 aliphatic carbocycles. The fourth-order valence-corrected chi connectivity index (χ4v) is 1.93. The van der Waals surface area contributed by atoms with Crippen LogP contribution in [0.3, 0.4) is 0 Å². The summed E-state index contributed by atoms with van der Waals surface area (Å²) >= 11 is -2.16. The molecule has 2 unspecified atom stereocenters. The molecule has 0 N–H and O–H groups in total. The molecule has 76 valence electrons. The Morgan fingerprint density at radius 3 is 2.69 bits per heavy atom. The van der Waals surface area contributed by atoms with Crippen LogP contribution in [0.25, 0.3) is 0 Å². The van der Waals surface area contributed by atoms with Crippen molar-refractivity contribution in [3.8, 4) is 0 Å². The molecule has 0 aliphatic heterocycles. The molecule has 0 bridgehead atoms. The molecule has 13 heavy (non-hydrogen) atoms. The molecule has 0 saturated heterocycles. The van der Waals surface area contributed by atoms with Crippen LogP contribution in [0.1, 0.15) is 25.7 Å². The van der Waals surface area contributed by atoms with Gasteiger partial charge in [0.15, 0.2) is 0 Å². The van der Waals surface area contributed by atoms with E-state index in [4.69, 9.17) is 0 Å². The van der Waals surface area contributed by atoms with Crippen molar-refractivity contribution < 1.29 is 18.3 Å². The van der Waals surface area contributed by atoms with Gasteiger partial charge in [0.25, 0.3) is 0 Å². The molecule has 1 saturated carbocycles. The summed E-state index contributed by atoms with van der Waals surface area (Å²) in [5, 5.41) is -0.556. The maximum absolute atomic E-state index is 10.8. The average Bonchev–Trinajstić information content (AvgIpc) is 2.86. The molecule has 0 aromatic carbocycles. The highest BCUT2D eigenvalue weighted by molar-refractivity contribution is 7.79. The lowest BCUT2D eigenvalue weighted by molar-refractivity contribution is -0.140. The first kappa shape index (κ1) is 10.7. The zero-order valence-electron chi connectivity index (χ0n) is 7.52. The molecule has 0 heterocycles. The zero-order valence-corrected chi connectivity index (χ0v) is 8.34. The Labute approximate surface area is 79.9 Å². The minimum absolute atomic E-state index is 0.0108. The molecule has 0 aromatic rings. The fourth-order valence-electron chi connectivity index (χ4n) is 1.22. The zero-order chi connectivity index (χ0) is 9.84. The van der Waals surface area contributed by atoms with E-state index in [-0.39, 0.29) is 6.42 Å². The molecule has 0 amide bonds. The maximum atomic E-state index is 10.8. The summed E-state index contributed by atoms with van der Waals surface area (Å²) in [5.41, 5.74) is 0. The van der Waals surface area contributed by atoms with Crippen molar-refractivity contribution in [1.29, 1.82) is 0 Å². The first-order chi connectivity index (χ1) is 6.13. The molecule has 0 radical (unpaired) electrons. The summed E-state index contributed by atoms with van der Waals surface area (Å²) < 4.78 is 25.8. The number of ether oxygens (including phenoxy) is 1. The maximum Gasteiger partial charge on any atom is 0.306 e. The topological polar surface area (TPSA) is 66.4 Å². The molecule has 1 aliphatic rings. The third-order valence-corrected chi connectivity index (χ3v) is 3.09. The number of carbonyl (C=O) groups excluding carboxylic acids is 1. The summed E-state index contributed by atoms with van der Waals surface area (Å²) in [4.78, 5) is 10.8. The Bertz CT molecular complexity index is 212. The van der Waals surface area contributed by atoms with Crippen LogP contribution >= 0.6 is 0 Å². The molecule has 0 aromatic heterocycles. The second-order valence-corrected chi connectivity index (χ2v) is 4.53. The van der Waals surface area contributed by atoms with Gasteiger partial charge in [-0.3, -0.25) is 9.00 Å². The van der Waals surface area contributed by atoms with E-state index in [1.165, 1.54) is 7.11 Å². The SMILES string of the molecule is COC(=O)CC(CC1CC1)S(=O)[O-]. The van der Waals surface area contributed by atoms with Crippen molar-refractivity contribution in [2.24, 2.45) is 5.92 Å². The highest BCUT2D eigenvalue weighted by Crippen LogP contribution is 2.35. The van der Waals surface area contributed by atoms with Crippen LogP contribution in [-0.4, -0.2) is 27.1 Å². The number of methoxy groups -OCH3 is 1. The molecular weight excluding hydrogens is 192 g/mol. The number of hydrogen-bond acceptors (Lipinski definition) is 4. The highest BCUT2D eigenvalue weighted by atomic mass is 32.2. The molecule has 5 heteroatoms. The van der Waals surface area contributed by atoms with E-state index in [2.05, 4.69) is 4.74 Å². The standard InChI is InChI=1S/C8H14O4S/c1-12-8(9)5-7(13(10)11)4-6-2-3-6/h6-7H,2-5H2,1H3,(H,10,11)/p-1. The van der Waals surface area contributed by atoms with Gasteiger partial charge in [0.05, 0.1) is 13.5 Å². The van der Waals surface area contributed by atoms with Crippen molar-refractivity contribution in [2.45, 2.75) is 30.9 Å². The summed E-state index contributed by atoms with van der Waals surface area (Å²) in [6.45, 7) is 0. The monoisotopic (exact) mass is 205 g/mol. The van der Waals surface area contributed by atoms with Crippen molar-refractivity contribution in [2.75, 3.05) is 7.11 Å². The quantitative estimate of drug-likeness (QED) is 0.487. The lowest BCUT2D eigenvalue weighted by Gasteiger charge is -2.17. The molecule has 1 rings (SSSR count). The minimum atomic E-state index is -2.16. The second kappa shape index (κ2) is 4.72. The van der Waals surface area contributed by atoms with E-state index in [0.717, 1.165) is 12.8 Å². The van der Waals surface area contributed by atoms with Gasteiger partial charge in [-0.05, 0) is 12.3 Å². The second-order valence-electron chi connectivity index (χ2n) is 3.34. The summed E-state index contributed by atoms with van der Waals surface area (Å²) in [6, 6.07) is 0. The van der Waals surface area contributed by atoms with Gasteiger partial charge in [-0.1, -0.05) is 23.9 Å². The fraction of sp³-hybridized carbons (Fsp3) is 0.875. The molecular formula is C8H13O4S-. The van der Waals surface area contributed by atoms with Gasteiger partial charge >= 0.3 is 5.97 Å². The van der Waals surface area contributed by atoms with E-state index in [0.29, 0.717) is 12.3 Å². The van der Waals surface area contributed by atoms with Crippen molar-refractivity contribution >= 4 is 17.0 Å². The largest absolute Gasteiger partial charge is 0.772 e. The Hall–Kier alpha value is -0.420. The van der Waals surface area contributed by atoms with Crippen LogP contribution in [-0.2, 0) is 20.6 Å². The highest BCUT2D eigenvalue weighted by Gasteiger charge is 2.27. The Balaban J connectivity index is 2.36. The molecule has 2 atom stereocenters. The van der Waals surface area contributed by atoms with Gasteiger partial charge in [-0.25, -0.2) is 0 Å². The van der Waals surface area contributed by atoms with E-state index in [1.807, 2.05) is 0 Å². The Kier molecular flexibility index (Phi) is 3.87. The summed E-state index contributed by atoms with van der Waals surface area (Å²) in [6.07, 6.45) is 2.78. The van der Waals surface area contributed by atoms with Gasteiger partial charge < -0.3 is 9.29 Å². The van der Waals surface area contributed by atoms with E-state index < -0.39 is 22.3 Å². The first-order valence-electron chi connectivity index (χ1n) is 4.28. The average molecular weight is 205 g/mol. The van der Waals surface area contributed by atoms with Gasteiger partial charge in [0, 0.05) is 5.25 Å². The number of rotatable bonds is 5. The summed E-state index contributed by atoms with van der Waals surface area (Å²) in [7, 11) is 1.27. The van der Waals surface area contributed by atoms with Gasteiger partial charge in [-0.15, -0.1) is 0 Å². The lowest BCUT2D eigenvalue weighted by atomic mass is 10.2. The third-order valence-electron chi connectivity index (χ3n) is 2.19. The number of hydrogen-bond donors (Lipinski definition) is 0. The first-order valence-corrected chi connectivity index (χ1v) is 5.42. The molecule has 0 spiro atoms. The Morgan fingerprint density at radius 1 is 1.69 bits per heavy atom. The lowest BCUT2D eigenvalue weighted by Crippen LogP contribution is -2.20. The van der Waals surface area contributed by atoms with Gasteiger partial charge in [0.1, 0.15) is 0 Å². The van der Waals surface area contributed by atoms with E-state index >= 15 is 0 Å². The van der Waals surface area contributed by atoms with E-state index in [1.54, 1.807) is 0 Å². The van der Waals surface area contributed by atoms with Crippen LogP contribution in [0.2, 0.25) is 0 Å². The third kappa shape index (κ3) is 3.87. The van der Waals surface area contributed by atoms with E-state index in [9.17, 15) is 13.6 Å². The molecule has 4 nitrogen and oxygen atoms in total. The normalized spacial score (nSPS) is 20.8. The molecule has 1 fully saturated rings. The van der Waals surface area contributed by atoms with Gasteiger partial charge in [-0.2, -0.15) is 0 Å². The van der Waals surface area contributed by atoms with Crippen LogP contribution in [0.5, 0.6) is 0 Å². The van der Waals surface area contributed by atoms with Crippen LogP contribution in [0, 0.1) is 5.92 Å². The van der Waals surface area contributed by atoms with Crippen molar-refractivity contribution in [3.63, 3.8) is 0 Å². The Morgan fingerprint density at radius 2 is 2.31 bits per heavy atom. The van der Waals surface area contributed by atoms with Crippen LogP contribution in [0.15, 0.2) is 0 Å². The van der Waals surface area contributed by atoms with Gasteiger partial charge in [0.2, 0.25) is 0 Å². The van der Waals surface area contributed by atoms with Crippen molar-refractivity contribution in [1.82, 2.24) is 0 Å². The number of carbonyl (C=O) groups is 1. The number of esters is 1.